The summed E-state index contributed by atoms with van der Waals surface area (Å²) >= 11 is 0. The monoisotopic (exact) mass is 253 g/mol. The molecular weight excluding hydrogens is 237 g/mol. The van der Waals surface area contributed by atoms with Crippen molar-refractivity contribution in [1.82, 2.24) is 5.32 Å². The largest absolute Gasteiger partial charge is 0.480 e. The van der Waals surface area contributed by atoms with Crippen LogP contribution in [0.1, 0.15) is 11.1 Å². The van der Waals surface area contributed by atoms with Crippen molar-refractivity contribution >= 4 is 5.97 Å². The summed E-state index contributed by atoms with van der Waals surface area (Å²) in [5.41, 5.74) is 0.701. The lowest BCUT2D eigenvalue weighted by atomic mass is 9.72. The van der Waals surface area contributed by atoms with Crippen LogP contribution in [0, 0.1) is 12.7 Å². The molecule has 1 aromatic carbocycles. The standard InChI is InChI=1S/C13H16FNO3/c1-8-5-9(3-4-10(8)14)13(6-18-7-13)11(15-2)12(16)17/h3-5,11,15H,6-7H2,1-2H3,(H,16,17). The maximum Gasteiger partial charge on any atom is 0.321 e. The first-order valence-corrected chi connectivity index (χ1v) is 5.76. The van der Waals surface area contributed by atoms with E-state index in [0.29, 0.717) is 18.8 Å². The number of halogens is 1. The highest BCUT2D eigenvalue weighted by molar-refractivity contribution is 5.76. The molecule has 1 fully saturated rings. The van der Waals surface area contributed by atoms with Crippen molar-refractivity contribution in [2.75, 3.05) is 20.3 Å². The summed E-state index contributed by atoms with van der Waals surface area (Å²) in [5, 5.41) is 12.1. The molecule has 2 N–H and O–H groups in total. The van der Waals surface area contributed by atoms with E-state index in [-0.39, 0.29) is 5.82 Å². The van der Waals surface area contributed by atoms with Gasteiger partial charge in [0.1, 0.15) is 11.9 Å². The molecule has 5 heteroatoms. The normalized spacial score (nSPS) is 19.1. The number of likely N-dealkylation sites (N-methyl/N-ethyl adjacent to an activating group) is 1. The van der Waals surface area contributed by atoms with Gasteiger partial charge in [-0.3, -0.25) is 4.79 Å². The average molecular weight is 253 g/mol. The third kappa shape index (κ3) is 1.89. The second kappa shape index (κ2) is 4.66. The Morgan fingerprint density at radius 2 is 2.22 bits per heavy atom. The first kappa shape index (κ1) is 13.0. The molecule has 18 heavy (non-hydrogen) atoms. The van der Waals surface area contributed by atoms with E-state index in [2.05, 4.69) is 5.32 Å². The van der Waals surface area contributed by atoms with Gasteiger partial charge in [-0.25, -0.2) is 4.39 Å². The maximum absolute atomic E-state index is 13.3. The lowest BCUT2D eigenvalue weighted by molar-refractivity contribution is -0.150. The molecule has 98 valence electrons. The van der Waals surface area contributed by atoms with Crippen molar-refractivity contribution in [2.45, 2.75) is 18.4 Å². The van der Waals surface area contributed by atoms with Crippen molar-refractivity contribution < 1.29 is 19.0 Å². The van der Waals surface area contributed by atoms with Crippen LogP contribution in [0.15, 0.2) is 18.2 Å². The number of ether oxygens (including phenoxy) is 1. The number of aryl methyl sites for hydroxylation is 1. The van der Waals surface area contributed by atoms with Gasteiger partial charge in [0.2, 0.25) is 0 Å². The first-order valence-electron chi connectivity index (χ1n) is 5.76. The zero-order valence-corrected chi connectivity index (χ0v) is 10.4. The van der Waals surface area contributed by atoms with E-state index in [0.717, 1.165) is 5.56 Å². The van der Waals surface area contributed by atoms with E-state index in [4.69, 9.17) is 4.74 Å². The summed E-state index contributed by atoms with van der Waals surface area (Å²) in [4.78, 5) is 11.3. The summed E-state index contributed by atoms with van der Waals surface area (Å²) in [6.45, 7) is 2.33. The van der Waals surface area contributed by atoms with Gasteiger partial charge in [-0.1, -0.05) is 12.1 Å². The van der Waals surface area contributed by atoms with Crippen LogP contribution in [0.25, 0.3) is 0 Å². The highest BCUT2D eigenvalue weighted by atomic mass is 19.1. The number of hydrogen-bond acceptors (Lipinski definition) is 3. The van der Waals surface area contributed by atoms with Crippen LogP contribution >= 0.6 is 0 Å². The van der Waals surface area contributed by atoms with E-state index >= 15 is 0 Å². The Morgan fingerprint density at radius 1 is 1.56 bits per heavy atom. The molecule has 1 aromatic rings. The summed E-state index contributed by atoms with van der Waals surface area (Å²) in [7, 11) is 1.61. The first-order chi connectivity index (χ1) is 8.51. The Labute approximate surface area is 105 Å². The molecule has 0 saturated carbocycles. The predicted octanol–water partition coefficient (Wildman–Crippen LogP) is 1.07. The highest BCUT2D eigenvalue weighted by Crippen LogP contribution is 2.36. The number of carboxylic acid groups (broad SMARTS) is 1. The molecule has 1 saturated heterocycles. The number of benzene rings is 1. The molecule has 1 atom stereocenters. The van der Waals surface area contributed by atoms with Crippen LogP contribution in [-0.4, -0.2) is 37.4 Å². The van der Waals surface area contributed by atoms with Crippen molar-refractivity contribution in [1.29, 1.82) is 0 Å². The van der Waals surface area contributed by atoms with Crippen molar-refractivity contribution in [3.63, 3.8) is 0 Å². The minimum Gasteiger partial charge on any atom is -0.480 e. The van der Waals surface area contributed by atoms with Gasteiger partial charge in [-0.2, -0.15) is 0 Å². The molecule has 0 spiro atoms. The van der Waals surface area contributed by atoms with Crippen LogP contribution in [0.3, 0.4) is 0 Å². The van der Waals surface area contributed by atoms with Crippen LogP contribution < -0.4 is 5.32 Å². The third-order valence-electron chi connectivity index (χ3n) is 3.54. The zero-order chi connectivity index (χ0) is 13.3. The summed E-state index contributed by atoms with van der Waals surface area (Å²) in [6.07, 6.45) is 0. The summed E-state index contributed by atoms with van der Waals surface area (Å²) in [5.74, 6) is -1.21. The fourth-order valence-electron chi connectivity index (χ4n) is 2.41. The Balaban J connectivity index is 2.43. The minimum atomic E-state index is -0.928. The van der Waals surface area contributed by atoms with E-state index in [9.17, 15) is 14.3 Å². The molecule has 0 aliphatic carbocycles. The number of carbonyl (C=O) groups is 1. The highest BCUT2D eigenvalue weighted by Gasteiger charge is 2.50. The summed E-state index contributed by atoms with van der Waals surface area (Å²) < 4.78 is 18.5. The fraction of sp³-hybridized carbons (Fsp3) is 0.462. The number of aliphatic carboxylic acids is 1. The van der Waals surface area contributed by atoms with Crippen molar-refractivity contribution in [2.24, 2.45) is 0 Å². The van der Waals surface area contributed by atoms with Crippen molar-refractivity contribution in [3.8, 4) is 0 Å². The molecule has 4 nitrogen and oxygen atoms in total. The van der Waals surface area contributed by atoms with Gasteiger partial charge in [-0.05, 0) is 31.2 Å². The molecule has 0 aromatic heterocycles. The van der Waals surface area contributed by atoms with Gasteiger partial charge < -0.3 is 15.2 Å². The lowest BCUT2D eigenvalue weighted by Gasteiger charge is -2.45. The smallest absolute Gasteiger partial charge is 0.321 e. The van der Waals surface area contributed by atoms with Gasteiger partial charge in [-0.15, -0.1) is 0 Å². The van der Waals surface area contributed by atoms with Crippen molar-refractivity contribution in [3.05, 3.63) is 35.1 Å². The minimum absolute atomic E-state index is 0.287. The van der Waals surface area contributed by atoms with Crippen LogP contribution in [0.4, 0.5) is 4.39 Å². The molecule has 1 aliphatic rings. The molecule has 0 amide bonds. The van der Waals surface area contributed by atoms with E-state index in [1.807, 2.05) is 0 Å². The van der Waals surface area contributed by atoms with Gasteiger partial charge in [0, 0.05) is 0 Å². The molecule has 0 bridgehead atoms. The van der Waals surface area contributed by atoms with Crippen LogP contribution in [0.5, 0.6) is 0 Å². The van der Waals surface area contributed by atoms with Gasteiger partial charge in [0.05, 0.1) is 18.6 Å². The summed E-state index contributed by atoms with van der Waals surface area (Å²) in [6, 6.07) is 3.97. The Morgan fingerprint density at radius 3 is 2.61 bits per heavy atom. The van der Waals surface area contributed by atoms with E-state index < -0.39 is 17.4 Å². The Bertz CT molecular complexity index is 471. The second-order valence-corrected chi connectivity index (χ2v) is 4.67. The molecule has 1 aliphatic heterocycles. The third-order valence-corrected chi connectivity index (χ3v) is 3.54. The molecule has 1 unspecified atom stereocenters. The van der Waals surface area contributed by atoms with Gasteiger partial charge in [0.15, 0.2) is 0 Å². The quantitative estimate of drug-likeness (QED) is 0.843. The van der Waals surface area contributed by atoms with Crippen LogP contribution in [0.2, 0.25) is 0 Å². The molecule has 0 radical (unpaired) electrons. The molecular formula is C13H16FNO3. The topological polar surface area (TPSA) is 58.6 Å². The Kier molecular flexibility index (Phi) is 3.36. The Hall–Kier alpha value is -1.46. The van der Waals surface area contributed by atoms with E-state index in [1.54, 1.807) is 26.1 Å². The second-order valence-electron chi connectivity index (χ2n) is 4.67. The number of nitrogens with one attached hydrogen (secondary N) is 1. The van der Waals surface area contributed by atoms with Crippen LogP contribution in [-0.2, 0) is 14.9 Å². The average Bonchev–Trinajstić information content (AvgIpc) is 2.26. The van der Waals surface area contributed by atoms with E-state index in [1.165, 1.54) is 6.07 Å². The molecule has 1 heterocycles. The maximum atomic E-state index is 13.3. The predicted molar refractivity (Wildman–Crippen MR) is 64.1 cm³/mol. The number of rotatable bonds is 4. The van der Waals surface area contributed by atoms with Gasteiger partial charge in [0.25, 0.3) is 0 Å². The zero-order valence-electron chi connectivity index (χ0n) is 10.4. The lowest BCUT2D eigenvalue weighted by Crippen LogP contribution is -2.62. The SMILES string of the molecule is CNC(C(=O)O)C1(c2ccc(F)c(C)c2)COC1. The number of carboxylic acids is 1. The number of hydrogen-bond donors (Lipinski definition) is 2. The van der Waals surface area contributed by atoms with Gasteiger partial charge >= 0.3 is 5.97 Å². The fourth-order valence-corrected chi connectivity index (χ4v) is 2.41. The molecule has 2 rings (SSSR count).